The minimum absolute atomic E-state index is 0.174. The van der Waals surface area contributed by atoms with Crippen molar-refractivity contribution in [3.05, 3.63) is 102 Å². The average Bonchev–Trinajstić information content (AvgIpc) is 2.70. The van der Waals surface area contributed by atoms with Gasteiger partial charge in [-0.2, -0.15) is 5.10 Å². The molecule has 0 aliphatic carbocycles. The van der Waals surface area contributed by atoms with Gasteiger partial charge < -0.3 is 5.32 Å². The maximum absolute atomic E-state index is 12.9. The SMILES string of the molecule is O=C(C(=NNC(=S)Nc1ccccc1)c1ccccc1)c1ccccc1. The molecule has 0 spiro atoms. The normalized spacial score (nSPS) is 10.8. The van der Waals surface area contributed by atoms with Gasteiger partial charge in [0, 0.05) is 16.8 Å². The first kappa shape index (κ1) is 17.5. The van der Waals surface area contributed by atoms with Crippen molar-refractivity contribution in [3.8, 4) is 0 Å². The van der Waals surface area contributed by atoms with Crippen molar-refractivity contribution in [2.24, 2.45) is 5.10 Å². The van der Waals surface area contributed by atoms with Crippen LogP contribution in [-0.4, -0.2) is 16.6 Å². The van der Waals surface area contributed by atoms with E-state index in [0.29, 0.717) is 16.4 Å². The number of benzene rings is 3. The highest BCUT2D eigenvalue weighted by Crippen LogP contribution is 2.09. The molecule has 4 nitrogen and oxygen atoms in total. The second-order valence-corrected chi connectivity index (χ2v) is 5.86. The van der Waals surface area contributed by atoms with E-state index in [1.54, 1.807) is 12.1 Å². The highest BCUT2D eigenvalue weighted by molar-refractivity contribution is 7.80. The van der Waals surface area contributed by atoms with Crippen LogP contribution in [0.4, 0.5) is 5.69 Å². The van der Waals surface area contributed by atoms with Crippen molar-refractivity contribution in [2.45, 2.75) is 0 Å². The fourth-order valence-corrected chi connectivity index (χ4v) is 2.52. The quantitative estimate of drug-likeness (QED) is 0.309. The first-order chi connectivity index (χ1) is 12.7. The van der Waals surface area contributed by atoms with Crippen molar-refractivity contribution in [1.29, 1.82) is 0 Å². The number of ketones is 1. The molecule has 2 N–H and O–H groups in total. The Hall–Kier alpha value is -3.31. The summed E-state index contributed by atoms with van der Waals surface area (Å²) < 4.78 is 0. The van der Waals surface area contributed by atoms with Crippen LogP contribution >= 0.6 is 12.2 Å². The van der Waals surface area contributed by atoms with Gasteiger partial charge in [-0.05, 0) is 24.4 Å². The Morgan fingerprint density at radius 3 is 1.81 bits per heavy atom. The van der Waals surface area contributed by atoms with Crippen molar-refractivity contribution in [3.63, 3.8) is 0 Å². The molecule has 0 bridgehead atoms. The fourth-order valence-electron chi connectivity index (χ4n) is 2.36. The number of para-hydroxylation sites is 1. The molecule has 0 saturated heterocycles. The maximum atomic E-state index is 12.9. The molecule has 0 fully saturated rings. The Kier molecular flexibility index (Phi) is 5.85. The van der Waals surface area contributed by atoms with Gasteiger partial charge in [-0.15, -0.1) is 0 Å². The average molecular weight is 359 g/mol. The van der Waals surface area contributed by atoms with E-state index in [1.165, 1.54) is 0 Å². The number of carbonyl (C=O) groups is 1. The third kappa shape index (κ3) is 4.62. The van der Waals surface area contributed by atoms with Gasteiger partial charge in [0.2, 0.25) is 5.78 Å². The molecule has 128 valence electrons. The lowest BCUT2D eigenvalue weighted by Gasteiger charge is -2.10. The third-order valence-electron chi connectivity index (χ3n) is 3.60. The van der Waals surface area contributed by atoms with Gasteiger partial charge >= 0.3 is 0 Å². The predicted molar refractivity (Wildman–Crippen MR) is 110 cm³/mol. The monoisotopic (exact) mass is 359 g/mol. The molecule has 0 unspecified atom stereocenters. The zero-order valence-electron chi connectivity index (χ0n) is 13.9. The number of hydrogen-bond acceptors (Lipinski definition) is 3. The maximum Gasteiger partial charge on any atom is 0.213 e. The van der Waals surface area contributed by atoms with Crippen molar-refractivity contribution >= 4 is 34.5 Å². The van der Waals surface area contributed by atoms with E-state index < -0.39 is 0 Å². The van der Waals surface area contributed by atoms with Crippen LogP contribution in [0.15, 0.2) is 96.1 Å². The van der Waals surface area contributed by atoms with Crippen LogP contribution in [0.25, 0.3) is 0 Å². The van der Waals surface area contributed by atoms with Crippen LogP contribution in [0.2, 0.25) is 0 Å². The molecule has 5 heteroatoms. The van der Waals surface area contributed by atoms with E-state index in [0.717, 1.165) is 11.3 Å². The number of hydrogen-bond donors (Lipinski definition) is 2. The van der Waals surface area contributed by atoms with Crippen LogP contribution in [-0.2, 0) is 0 Å². The van der Waals surface area contributed by atoms with E-state index in [1.807, 2.05) is 78.9 Å². The number of rotatable bonds is 5. The Labute approximate surface area is 157 Å². The zero-order chi connectivity index (χ0) is 18.2. The van der Waals surface area contributed by atoms with Gasteiger partial charge in [0.25, 0.3) is 0 Å². The Bertz CT molecular complexity index is 910. The molecular weight excluding hydrogens is 342 g/mol. The van der Waals surface area contributed by atoms with Crippen LogP contribution in [0, 0.1) is 0 Å². The summed E-state index contributed by atoms with van der Waals surface area (Å²) in [6.07, 6.45) is 0. The van der Waals surface area contributed by atoms with Crippen LogP contribution < -0.4 is 10.7 Å². The molecule has 3 aromatic carbocycles. The van der Waals surface area contributed by atoms with Crippen LogP contribution in [0.3, 0.4) is 0 Å². The number of hydrazone groups is 1. The summed E-state index contributed by atoms with van der Waals surface area (Å²) in [6.45, 7) is 0. The molecular formula is C21H17N3OS. The number of thiocarbonyl (C=S) groups is 1. The molecule has 0 amide bonds. The number of nitrogens with zero attached hydrogens (tertiary/aromatic N) is 1. The molecule has 0 atom stereocenters. The molecule has 0 aromatic heterocycles. The third-order valence-corrected chi connectivity index (χ3v) is 3.79. The summed E-state index contributed by atoms with van der Waals surface area (Å²) in [7, 11) is 0. The molecule has 3 aromatic rings. The lowest BCUT2D eigenvalue weighted by molar-refractivity contribution is 0.106. The fraction of sp³-hybridized carbons (Fsp3) is 0. The Morgan fingerprint density at radius 1 is 0.731 bits per heavy atom. The minimum atomic E-state index is -0.174. The molecule has 0 radical (unpaired) electrons. The van der Waals surface area contributed by atoms with Gasteiger partial charge in [-0.1, -0.05) is 78.9 Å². The second kappa shape index (κ2) is 8.69. The van der Waals surface area contributed by atoms with Crippen LogP contribution in [0.5, 0.6) is 0 Å². The summed E-state index contributed by atoms with van der Waals surface area (Å²) in [5.41, 5.74) is 5.20. The van der Waals surface area contributed by atoms with Crippen molar-refractivity contribution in [1.82, 2.24) is 5.43 Å². The van der Waals surface area contributed by atoms with Gasteiger partial charge in [0.05, 0.1) is 0 Å². The Balaban J connectivity index is 1.82. The predicted octanol–water partition coefficient (Wildman–Crippen LogP) is 4.26. The van der Waals surface area contributed by atoms with Crippen molar-refractivity contribution in [2.75, 3.05) is 5.32 Å². The smallest absolute Gasteiger partial charge is 0.213 e. The number of Topliss-reactive ketones (excluding diaryl/α,β-unsaturated/α-hetero) is 1. The van der Waals surface area contributed by atoms with Gasteiger partial charge in [-0.25, -0.2) is 0 Å². The summed E-state index contributed by atoms with van der Waals surface area (Å²) in [4.78, 5) is 12.9. The molecule has 3 rings (SSSR count). The van der Waals surface area contributed by atoms with Gasteiger partial charge in [0.1, 0.15) is 5.71 Å². The van der Waals surface area contributed by atoms with E-state index in [4.69, 9.17) is 12.2 Å². The van der Waals surface area contributed by atoms with Gasteiger partial charge in [-0.3, -0.25) is 10.2 Å². The molecule has 0 heterocycles. The largest absolute Gasteiger partial charge is 0.331 e. The molecule has 0 aliphatic rings. The van der Waals surface area contributed by atoms with Crippen molar-refractivity contribution < 1.29 is 4.79 Å². The summed E-state index contributed by atoms with van der Waals surface area (Å²) >= 11 is 5.27. The molecule has 0 aliphatic heterocycles. The highest BCUT2D eigenvalue weighted by atomic mass is 32.1. The van der Waals surface area contributed by atoms with E-state index in [-0.39, 0.29) is 5.78 Å². The second-order valence-electron chi connectivity index (χ2n) is 5.45. The number of nitrogens with one attached hydrogen (secondary N) is 2. The van der Waals surface area contributed by atoms with E-state index >= 15 is 0 Å². The molecule has 26 heavy (non-hydrogen) atoms. The lowest BCUT2D eigenvalue weighted by Crippen LogP contribution is -2.27. The number of carbonyl (C=O) groups excluding carboxylic acids is 1. The number of anilines is 1. The van der Waals surface area contributed by atoms with E-state index in [9.17, 15) is 4.79 Å². The van der Waals surface area contributed by atoms with E-state index in [2.05, 4.69) is 15.8 Å². The minimum Gasteiger partial charge on any atom is -0.331 e. The lowest BCUT2D eigenvalue weighted by atomic mass is 10.0. The topological polar surface area (TPSA) is 53.5 Å². The van der Waals surface area contributed by atoms with Crippen LogP contribution in [0.1, 0.15) is 15.9 Å². The standard InChI is InChI=1S/C21H17N3OS/c25-20(17-12-6-2-7-13-17)19(16-10-4-1-5-11-16)23-24-21(26)22-18-14-8-3-9-15-18/h1-15H,(H2,22,24,26). The zero-order valence-corrected chi connectivity index (χ0v) is 14.7. The summed E-state index contributed by atoms with van der Waals surface area (Å²) in [5, 5.41) is 7.62. The highest BCUT2D eigenvalue weighted by Gasteiger charge is 2.16. The molecule has 0 saturated carbocycles. The summed E-state index contributed by atoms with van der Waals surface area (Å²) in [6, 6.07) is 27.9. The Morgan fingerprint density at radius 2 is 1.23 bits per heavy atom. The van der Waals surface area contributed by atoms with Gasteiger partial charge in [0.15, 0.2) is 5.11 Å². The first-order valence-electron chi connectivity index (χ1n) is 8.09. The first-order valence-corrected chi connectivity index (χ1v) is 8.50. The summed E-state index contributed by atoms with van der Waals surface area (Å²) in [5.74, 6) is -0.174.